The number of hydrogen-bond donors (Lipinski definition) is 8. The van der Waals surface area contributed by atoms with Gasteiger partial charge in [-0.3, -0.25) is 24.0 Å². The molecule has 1 saturated heterocycles. The normalized spacial score (nSPS) is 23.1. The highest BCUT2D eigenvalue weighted by Gasteiger charge is 2.40. The van der Waals surface area contributed by atoms with Crippen molar-refractivity contribution < 1.29 is 29.1 Å². The van der Waals surface area contributed by atoms with E-state index in [9.17, 15) is 29.1 Å². The highest BCUT2D eigenvalue weighted by atomic mass is 32.1. The van der Waals surface area contributed by atoms with Crippen LogP contribution in [0.2, 0.25) is 0 Å². The zero-order chi connectivity index (χ0) is 31.9. The third-order valence-electron chi connectivity index (χ3n) is 6.88. The number of nitrogens with one attached hydrogen (secondary N) is 5. The molecule has 2 aromatic carbocycles. The van der Waals surface area contributed by atoms with Crippen molar-refractivity contribution in [2.45, 2.75) is 74.2 Å². The molecule has 1 aliphatic rings. The van der Waals surface area contributed by atoms with Gasteiger partial charge in [-0.25, -0.2) is 0 Å². The van der Waals surface area contributed by atoms with Gasteiger partial charge >= 0.3 is 0 Å². The highest BCUT2D eigenvalue weighted by molar-refractivity contribution is 7.82. The zero-order valence-electron chi connectivity index (χ0n) is 24.5. The molecule has 1 fully saturated rings. The van der Waals surface area contributed by atoms with Crippen LogP contribution in [0.4, 0.5) is 0 Å². The zero-order valence-corrected chi connectivity index (χ0v) is 26.3. The maximum atomic E-state index is 13.7. The molecule has 6 N–H and O–H groups in total. The van der Waals surface area contributed by atoms with E-state index >= 15 is 0 Å². The highest BCUT2D eigenvalue weighted by Crippen LogP contribution is 2.21. The Morgan fingerprint density at radius 1 is 0.651 bits per heavy atom. The molecule has 3 rings (SSSR count). The summed E-state index contributed by atoms with van der Waals surface area (Å²) in [7, 11) is 0. The van der Waals surface area contributed by atoms with E-state index in [-0.39, 0.29) is 18.6 Å². The predicted molar refractivity (Wildman–Crippen MR) is 169 cm³/mol. The van der Waals surface area contributed by atoms with Gasteiger partial charge in [0.2, 0.25) is 29.5 Å². The van der Waals surface area contributed by atoms with Gasteiger partial charge in [0.15, 0.2) is 0 Å². The van der Waals surface area contributed by atoms with Gasteiger partial charge in [0.05, 0.1) is 6.54 Å². The van der Waals surface area contributed by atoms with Crippen molar-refractivity contribution >= 4 is 54.8 Å². The topological polar surface area (TPSA) is 166 Å². The van der Waals surface area contributed by atoms with Crippen molar-refractivity contribution in [1.82, 2.24) is 26.6 Å². The number of carbonyl (C=O) groups excluding carboxylic acids is 5. The molecule has 0 aliphatic carbocycles. The second-order valence-electron chi connectivity index (χ2n) is 11.6. The van der Waals surface area contributed by atoms with Gasteiger partial charge in [-0.1, -0.05) is 42.5 Å². The number of aromatic hydroxyl groups is 1. The summed E-state index contributed by atoms with van der Waals surface area (Å²) in [6.07, 6.45) is 0.118. The second-order valence-corrected chi connectivity index (χ2v) is 14.0. The third-order valence-corrected chi connectivity index (χ3v) is 7.39. The van der Waals surface area contributed by atoms with Crippen LogP contribution in [-0.2, 0) is 36.8 Å². The van der Waals surface area contributed by atoms with Gasteiger partial charge in [0, 0.05) is 22.3 Å². The van der Waals surface area contributed by atoms with E-state index in [1.807, 2.05) is 6.07 Å². The number of phenolic OH excluding ortho intramolecular Hbond substituents is 1. The number of rotatable bonds is 6. The third kappa shape index (κ3) is 9.92. The lowest BCUT2D eigenvalue weighted by molar-refractivity contribution is -0.134. The van der Waals surface area contributed by atoms with Crippen LogP contribution in [0.25, 0.3) is 0 Å². The van der Waals surface area contributed by atoms with Gasteiger partial charge in [-0.15, -0.1) is 0 Å². The fourth-order valence-electron chi connectivity index (χ4n) is 4.52. The summed E-state index contributed by atoms with van der Waals surface area (Å²) in [5.74, 6) is -3.32. The van der Waals surface area contributed by atoms with E-state index in [1.165, 1.54) is 12.1 Å². The van der Waals surface area contributed by atoms with Crippen molar-refractivity contribution in [2.24, 2.45) is 0 Å². The summed E-state index contributed by atoms with van der Waals surface area (Å²) in [6, 6.07) is 10.4. The Balaban J connectivity index is 2.03. The lowest BCUT2D eigenvalue weighted by Gasteiger charge is -2.33. The molecule has 0 aromatic heterocycles. The molecule has 5 amide bonds. The monoisotopic (exact) mass is 629 g/mol. The Labute approximate surface area is 262 Å². The molecule has 1 aliphatic heterocycles. The van der Waals surface area contributed by atoms with E-state index in [0.29, 0.717) is 5.56 Å². The number of phenols is 1. The minimum atomic E-state index is -1.23. The molecule has 4 atom stereocenters. The van der Waals surface area contributed by atoms with Crippen LogP contribution in [0.15, 0.2) is 54.6 Å². The molecule has 0 bridgehead atoms. The number of hydrogen-bond acceptors (Lipinski definition) is 8. The standard InChI is InChI=1S/C30H39N5O6S2/c1-29(2,42)23-27(40)31-16-22(37)32-20(14-17-8-6-5-7-9-17)25(38)35-24(30(3,4)43)28(41)33-21(26(39)34-23)15-18-10-12-19(36)13-11-18/h5-13,20-21,23-24,36,42-43H,14-16H2,1-4H3,(H,31,40)(H,32,37)(H,33,41)(H,34,39)(H,35,38)/t20-,21-,23-,24-/m0/s1. The molecular weight excluding hydrogens is 590 g/mol. The summed E-state index contributed by atoms with van der Waals surface area (Å²) < 4.78 is -2.16. The van der Waals surface area contributed by atoms with Gasteiger partial charge in [0.25, 0.3) is 0 Å². The lowest BCUT2D eigenvalue weighted by Crippen LogP contribution is -2.63. The Morgan fingerprint density at radius 2 is 1.12 bits per heavy atom. The van der Waals surface area contributed by atoms with Crippen LogP contribution in [-0.4, -0.2) is 74.8 Å². The minimum absolute atomic E-state index is 0.00350. The fraction of sp³-hybridized carbons (Fsp3) is 0.433. The van der Waals surface area contributed by atoms with Gasteiger partial charge < -0.3 is 31.7 Å². The van der Waals surface area contributed by atoms with Crippen molar-refractivity contribution in [3.8, 4) is 5.75 Å². The minimum Gasteiger partial charge on any atom is -0.508 e. The summed E-state index contributed by atoms with van der Waals surface area (Å²) in [6.45, 7) is 6.05. The van der Waals surface area contributed by atoms with Crippen LogP contribution in [0.5, 0.6) is 5.75 Å². The maximum Gasteiger partial charge on any atom is 0.244 e. The first kappa shape index (κ1) is 33.8. The molecule has 43 heavy (non-hydrogen) atoms. The van der Waals surface area contributed by atoms with Gasteiger partial charge in [-0.05, 0) is 51.0 Å². The maximum absolute atomic E-state index is 13.7. The van der Waals surface area contributed by atoms with E-state index in [0.717, 1.165) is 5.56 Å². The first-order valence-corrected chi connectivity index (χ1v) is 14.7. The van der Waals surface area contributed by atoms with Crippen LogP contribution in [0.1, 0.15) is 38.8 Å². The molecule has 0 radical (unpaired) electrons. The molecule has 0 saturated carbocycles. The number of amides is 5. The quantitative estimate of drug-likeness (QED) is 0.219. The SMILES string of the molecule is CC(C)(S)[C@H]1NC(=O)[C@H](Cc2ccc(O)cc2)NC(=O)[C@@H](C(C)(C)S)NC(=O)[C@H](Cc2ccccc2)NC(=O)CNC1=O. The van der Waals surface area contributed by atoms with Gasteiger partial charge in [-0.2, -0.15) is 25.3 Å². The van der Waals surface area contributed by atoms with Crippen LogP contribution < -0.4 is 26.6 Å². The van der Waals surface area contributed by atoms with Gasteiger partial charge in [0.1, 0.15) is 29.9 Å². The van der Waals surface area contributed by atoms with Crippen LogP contribution in [0, 0.1) is 0 Å². The van der Waals surface area contributed by atoms with E-state index < -0.39 is 69.7 Å². The summed E-state index contributed by atoms with van der Waals surface area (Å²) >= 11 is 9.07. The van der Waals surface area contributed by atoms with E-state index in [1.54, 1.807) is 64.1 Å². The molecule has 13 heteroatoms. The average Bonchev–Trinajstić information content (AvgIpc) is 2.92. The molecule has 1 heterocycles. The summed E-state index contributed by atoms with van der Waals surface area (Å²) in [5.41, 5.74) is 1.38. The fourth-order valence-corrected chi connectivity index (χ4v) is 4.88. The number of thiol groups is 2. The number of benzene rings is 2. The summed E-state index contributed by atoms with van der Waals surface area (Å²) in [4.78, 5) is 67.1. The molecule has 2 aromatic rings. The van der Waals surface area contributed by atoms with E-state index in [2.05, 4.69) is 51.8 Å². The van der Waals surface area contributed by atoms with Crippen molar-refractivity contribution in [3.63, 3.8) is 0 Å². The first-order chi connectivity index (χ1) is 20.0. The summed E-state index contributed by atoms with van der Waals surface area (Å²) in [5, 5.41) is 23.0. The van der Waals surface area contributed by atoms with Crippen LogP contribution >= 0.6 is 25.3 Å². The van der Waals surface area contributed by atoms with Crippen molar-refractivity contribution in [1.29, 1.82) is 0 Å². The molecule has 0 spiro atoms. The molecular formula is C30H39N5O6S2. The smallest absolute Gasteiger partial charge is 0.244 e. The van der Waals surface area contributed by atoms with Crippen molar-refractivity contribution in [2.75, 3.05) is 6.54 Å². The average molecular weight is 630 g/mol. The Morgan fingerprint density at radius 3 is 1.63 bits per heavy atom. The Kier molecular flexibility index (Phi) is 11.1. The molecule has 11 nitrogen and oxygen atoms in total. The first-order valence-electron chi connectivity index (χ1n) is 13.8. The van der Waals surface area contributed by atoms with Crippen LogP contribution in [0.3, 0.4) is 0 Å². The van der Waals surface area contributed by atoms with Crippen molar-refractivity contribution in [3.05, 3.63) is 65.7 Å². The largest absolute Gasteiger partial charge is 0.508 e. The van der Waals surface area contributed by atoms with E-state index in [4.69, 9.17) is 0 Å². The second kappa shape index (κ2) is 14.2. The predicted octanol–water partition coefficient (Wildman–Crippen LogP) is 0.663. The molecule has 232 valence electrons. The Hall–Kier alpha value is -3.71. The number of carbonyl (C=O) groups is 5. The lowest BCUT2D eigenvalue weighted by atomic mass is 9.98. The Bertz CT molecular complexity index is 1330. The molecule has 0 unspecified atom stereocenters.